The molecule has 1 aromatic carbocycles. The highest BCUT2D eigenvalue weighted by Gasteiger charge is 2.00. The Morgan fingerprint density at radius 1 is 1.29 bits per heavy atom. The van der Waals surface area contributed by atoms with Gasteiger partial charge in [-0.3, -0.25) is 0 Å². The second-order valence-electron chi connectivity index (χ2n) is 3.84. The molecule has 0 bridgehead atoms. The van der Waals surface area contributed by atoms with Gasteiger partial charge in [-0.2, -0.15) is 0 Å². The fourth-order valence-corrected chi connectivity index (χ4v) is 1.75. The van der Waals surface area contributed by atoms with Gasteiger partial charge in [-0.05, 0) is 42.3 Å². The summed E-state index contributed by atoms with van der Waals surface area (Å²) in [5, 5.41) is 3.98. The van der Waals surface area contributed by atoms with Gasteiger partial charge in [-0.15, -0.1) is 0 Å². The van der Waals surface area contributed by atoms with Gasteiger partial charge in [0.1, 0.15) is 5.82 Å². The molecule has 0 saturated heterocycles. The molecular formula is C13H14ClN3. The zero-order chi connectivity index (χ0) is 12.3. The second-order valence-corrected chi connectivity index (χ2v) is 4.28. The molecule has 1 heterocycles. The van der Waals surface area contributed by atoms with Crippen LogP contribution < -0.4 is 11.1 Å². The Balaban J connectivity index is 2.19. The third-order valence-corrected chi connectivity index (χ3v) is 2.75. The van der Waals surface area contributed by atoms with Crippen LogP contribution in [-0.4, -0.2) is 4.98 Å². The minimum Gasteiger partial charge on any atom is -0.340 e. The highest BCUT2D eigenvalue weighted by atomic mass is 35.5. The maximum Gasteiger partial charge on any atom is 0.130 e. The van der Waals surface area contributed by atoms with E-state index in [0.717, 1.165) is 27.7 Å². The number of rotatable bonds is 3. The van der Waals surface area contributed by atoms with Gasteiger partial charge in [0.05, 0.1) is 0 Å². The standard InChI is InChI=1S/C13H14ClN3/c1-9-6-11(14)3-4-12(9)17-13-5-2-10(7-15)8-16-13/h2-6,8H,7,15H2,1H3,(H,16,17). The summed E-state index contributed by atoms with van der Waals surface area (Å²) in [5.41, 5.74) is 8.62. The first-order chi connectivity index (χ1) is 8.19. The molecule has 0 saturated carbocycles. The zero-order valence-corrected chi connectivity index (χ0v) is 10.3. The van der Waals surface area contributed by atoms with Gasteiger partial charge in [-0.1, -0.05) is 17.7 Å². The Hall–Kier alpha value is -1.58. The van der Waals surface area contributed by atoms with Crippen LogP contribution in [-0.2, 0) is 6.54 Å². The average molecular weight is 248 g/mol. The van der Waals surface area contributed by atoms with Crippen LogP contribution in [0.4, 0.5) is 11.5 Å². The first-order valence-electron chi connectivity index (χ1n) is 5.37. The molecule has 0 spiro atoms. The normalized spacial score (nSPS) is 10.3. The van der Waals surface area contributed by atoms with Crippen molar-refractivity contribution in [1.82, 2.24) is 4.98 Å². The topological polar surface area (TPSA) is 50.9 Å². The Bertz CT molecular complexity index is 509. The summed E-state index contributed by atoms with van der Waals surface area (Å²) in [7, 11) is 0. The summed E-state index contributed by atoms with van der Waals surface area (Å²) in [6, 6.07) is 9.58. The molecule has 2 rings (SSSR count). The molecule has 0 aliphatic heterocycles. The molecule has 0 fully saturated rings. The lowest BCUT2D eigenvalue weighted by Crippen LogP contribution is -1.99. The van der Waals surface area contributed by atoms with Crippen LogP contribution in [0.5, 0.6) is 0 Å². The van der Waals surface area contributed by atoms with Gasteiger partial charge in [0.25, 0.3) is 0 Å². The predicted molar refractivity (Wildman–Crippen MR) is 71.6 cm³/mol. The van der Waals surface area contributed by atoms with Crippen LogP contribution in [0.2, 0.25) is 5.02 Å². The van der Waals surface area contributed by atoms with E-state index in [1.54, 1.807) is 6.20 Å². The van der Waals surface area contributed by atoms with Crippen LogP contribution in [0.15, 0.2) is 36.5 Å². The quantitative estimate of drug-likeness (QED) is 0.876. The van der Waals surface area contributed by atoms with E-state index in [1.807, 2.05) is 37.3 Å². The Labute approximate surface area is 106 Å². The molecule has 0 aliphatic rings. The molecule has 1 aromatic heterocycles. The predicted octanol–water partition coefficient (Wildman–Crippen LogP) is 3.25. The number of benzene rings is 1. The number of pyridine rings is 1. The molecule has 0 atom stereocenters. The van der Waals surface area contributed by atoms with Gasteiger partial charge in [0.2, 0.25) is 0 Å². The van der Waals surface area contributed by atoms with Crippen molar-refractivity contribution in [2.24, 2.45) is 5.73 Å². The second kappa shape index (κ2) is 5.17. The van der Waals surface area contributed by atoms with E-state index in [4.69, 9.17) is 17.3 Å². The van der Waals surface area contributed by atoms with Crippen molar-refractivity contribution in [2.75, 3.05) is 5.32 Å². The number of anilines is 2. The van der Waals surface area contributed by atoms with E-state index in [0.29, 0.717) is 6.54 Å². The molecule has 3 nitrogen and oxygen atoms in total. The number of hydrogen-bond acceptors (Lipinski definition) is 3. The van der Waals surface area contributed by atoms with E-state index in [2.05, 4.69) is 10.3 Å². The summed E-state index contributed by atoms with van der Waals surface area (Å²) in [6.07, 6.45) is 1.77. The maximum absolute atomic E-state index is 5.90. The Morgan fingerprint density at radius 3 is 2.71 bits per heavy atom. The Morgan fingerprint density at radius 2 is 2.12 bits per heavy atom. The van der Waals surface area contributed by atoms with Crippen molar-refractivity contribution in [1.29, 1.82) is 0 Å². The third-order valence-electron chi connectivity index (χ3n) is 2.51. The largest absolute Gasteiger partial charge is 0.340 e. The van der Waals surface area contributed by atoms with Gasteiger partial charge in [0, 0.05) is 23.5 Å². The number of halogens is 1. The fourth-order valence-electron chi connectivity index (χ4n) is 1.52. The van der Waals surface area contributed by atoms with Gasteiger partial charge < -0.3 is 11.1 Å². The lowest BCUT2D eigenvalue weighted by molar-refractivity contribution is 1.05. The van der Waals surface area contributed by atoms with Crippen LogP contribution in [0.1, 0.15) is 11.1 Å². The van der Waals surface area contributed by atoms with Crippen LogP contribution in [0.25, 0.3) is 0 Å². The summed E-state index contributed by atoms with van der Waals surface area (Å²) in [6.45, 7) is 2.51. The number of nitrogens with two attached hydrogens (primary N) is 1. The van der Waals surface area contributed by atoms with Gasteiger partial charge >= 0.3 is 0 Å². The van der Waals surface area contributed by atoms with Crippen LogP contribution >= 0.6 is 11.6 Å². The zero-order valence-electron chi connectivity index (χ0n) is 9.57. The van der Waals surface area contributed by atoms with Crippen molar-refractivity contribution in [3.8, 4) is 0 Å². The van der Waals surface area contributed by atoms with Crippen molar-refractivity contribution in [3.05, 3.63) is 52.7 Å². The van der Waals surface area contributed by atoms with Crippen molar-refractivity contribution >= 4 is 23.1 Å². The minimum atomic E-state index is 0.507. The van der Waals surface area contributed by atoms with Gasteiger partial charge in [-0.25, -0.2) is 4.98 Å². The number of aromatic nitrogens is 1. The van der Waals surface area contributed by atoms with E-state index in [-0.39, 0.29) is 0 Å². The molecule has 0 aliphatic carbocycles. The molecule has 0 radical (unpaired) electrons. The molecule has 0 unspecified atom stereocenters. The minimum absolute atomic E-state index is 0.507. The number of nitrogens with zero attached hydrogens (tertiary/aromatic N) is 1. The molecule has 3 N–H and O–H groups in total. The molecule has 0 amide bonds. The van der Waals surface area contributed by atoms with Crippen molar-refractivity contribution in [2.45, 2.75) is 13.5 Å². The molecule has 17 heavy (non-hydrogen) atoms. The van der Waals surface area contributed by atoms with E-state index in [1.165, 1.54) is 0 Å². The summed E-state index contributed by atoms with van der Waals surface area (Å²) in [4.78, 5) is 4.28. The maximum atomic E-state index is 5.90. The number of nitrogens with one attached hydrogen (secondary N) is 1. The van der Waals surface area contributed by atoms with E-state index >= 15 is 0 Å². The smallest absolute Gasteiger partial charge is 0.130 e. The highest BCUT2D eigenvalue weighted by Crippen LogP contribution is 2.22. The molecule has 88 valence electrons. The molecule has 4 heteroatoms. The van der Waals surface area contributed by atoms with Crippen molar-refractivity contribution < 1.29 is 0 Å². The van der Waals surface area contributed by atoms with Gasteiger partial charge in [0.15, 0.2) is 0 Å². The Kier molecular flexibility index (Phi) is 3.61. The average Bonchev–Trinajstić information content (AvgIpc) is 2.34. The first-order valence-corrected chi connectivity index (χ1v) is 5.75. The van der Waals surface area contributed by atoms with E-state index in [9.17, 15) is 0 Å². The summed E-state index contributed by atoms with van der Waals surface area (Å²) < 4.78 is 0. The molecular weight excluding hydrogens is 234 g/mol. The fraction of sp³-hybridized carbons (Fsp3) is 0.154. The monoisotopic (exact) mass is 247 g/mol. The van der Waals surface area contributed by atoms with Crippen LogP contribution in [0.3, 0.4) is 0 Å². The number of hydrogen-bond donors (Lipinski definition) is 2. The lowest BCUT2D eigenvalue weighted by Gasteiger charge is -2.09. The summed E-state index contributed by atoms with van der Waals surface area (Å²) in [5.74, 6) is 0.799. The lowest BCUT2D eigenvalue weighted by atomic mass is 10.2. The SMILES string of the molecule is Cc1cc(Cl)ccc1Nc1ccc(CN)cn1. The van der Waals surface area contributed by atoms with Crippen molar-refractivity contribution in [3.63, 3.8) is 0 Å². The number of aryl methyl sites for hydroxylation is 1. The summed E-state index contributed by atoms with van der Waals surface area (Å²) >= 11 is 5.90. The molecule has 2 aromatic rings. The first kappa shape index (κ1) is 11.9. The van der Waals surface area contributed by atoms with Crippen LogP contribution in [0, 0.1) is 6.92 Å². The van der Waals surface area contributed by atoms with E-state index < -0.39 is 0 Å². The highest BCUT2D eigenvalue weighted by molar-refractivity contribution is 6.30. The third kappa shape index (κ3) is 2.96.